The summed E-state index contributed by atoms with van der Waals surface area (Å²) >= 11 is 0. The highest BCUT2D eigenvalue weighted by Crippen LogP contribution is 2.25. The number of carbonyl (C=O) groups is 2. The molecule has 0 aromatic heterocycles. The van der Waals surface area contributed by atoms with Crippen LogP contribution in [0.15, 0.2) is 18.2 Å². The zero-order valence-corrected chi connectivity index (χ0v) is 10.2. The molecular weight excluding hydrogens is 220 g/mol. The Balaban J connectivity index is 3.13. The van der Waals surface area contributed by atoms with Crippen LogP contribution in [0.2, 0.25) is 0 Å². The number of carboxylic acid groups (broad SMARTS) is 1. The first-order valence-corrected chi connectivity index (χ1v) is 5.38. The molecule has 0 unspecified atom stereocenters. The van der Waals surface area contributed by atoms with Gasteiger partial charge in [-0.25, -0.2) is 0 Å². The Bertz CT molecular complexity index is 435. The van der Waals surface area contributed by atoms with Gasteiger partial charge in [-0.05, 0) is 23.6 Å². The van der Waals surface area contributed by atoms with Gasteiger partial charge in [0, 0.05) is 0 Å². The predicted molar refractivity (Wildman–Crippen MR) is 63.7 cm³/mol. The highest BCUT2D eigenvalue weighted by atomic mass is 16.5. The van der Waals surface area contributed by atoms with Gasteiger partial charge in [0.15, 0.2) is 5.78 Å². The number of ketones is 1. The Morgan fingerprint density at radius 3 is 2.47 bits per heavy atom. The van der Waals surface area contributed by atoms with Crippen LogP contribution in [0.3, 0.4) is 0 Å². The highest BCUT2D eigenvalue weighted by molar-refractivity contribution is 6.07. The van der Waals surface area contributed by atoms with Gasteiger partial charge in [0.1, 0.15) is 12.2 Å². The summed E-state index contributed by atoms with van der Waals surface area (Å²) < 4.78 is 5.07. The fourth-order valence-corrected chi connectivity index (χ4v) is 1.54. The minimum atomic E-state index is -1.13. The summed E-state index contributed by atoms with van der Waals surface area (Å²) in [6.45, 7) is 4.01. The van der Waals surface area contributed by atoms with E-state index in [-0.39, 0.29) is 5.92 Å². The molecule has 92 valence electrons. The molecule has 4 nitrogen and oxygen atoms in total. The average molecular weight is 236 g/mol. The van der Waals surface area contributed by atoms with Crippen molar-refractivity contribution in [3.8, 4) is 5.75 Å². The molecule has 0 heterocycles. The molecule has 0 aliphatic heterocycles. The van der Waals surface area contributed by atoms with Crippen molar-refractivity contribution < 1.29 is 19.4 Å². The van der Waals surface area contributed by atoms with Gasteiger partial charge in [0.2, 0.25) is 0 Å². The maximum atomic E-state index is 11.7. The second-order valence-electron chi connectivity index (χ2n) is 4.11. The maximum absolute atomic E-state index is 11.7. The number of rotatable bonds is 5. The molecule has 0 bridgehead atoms. The molecule has 0 radical (unpaired) electrons. The normalized spacial score (nSPS) is 10.4. The van der Waals surface area contributed by atoms with E-state index in [4.69, 9.17) is 9.84 Å². The van der Waals surface area contributed by atoms with Gasteiger partial charge in [-0.2, -0.15) is 0 Å². The Morgan fingerprint density at radius 1 is 1.35 bits per heavy atom. The van der Waals surface area contributed by atoms with Gasteiger partial charge in [-0.3, -0.25) is 9.59 Å². The van der Waals surface area contributed by atoms with Crippen LogP contribution in [-0.4, -0.2) is 24.0 Å². The van der Waals surface area contributed by atoms with E-state index in [1.54, 1.807) is 12.1 Å². The van der Waals surface area contributed by atoms with Crippen molar-refractivity contribution in [3.05, 3.63) is 29.3 Å². The van der Waals surface area contributed by atoms with E-state index < -0.39 is 18.2 Å². The van der Waals surface area contributed by atoms with Gasteiger partial charge in [0.25, 0.3) is 0 Å². The van der Waals surface area contributed by atoms with Crippen molar-refractivity contribution >= 4 is 11.8 Å². The molecule has 0 fully saturated rings. The molecule has 1 N–H and O–H groups in total. The van der Waals surface area contributed by atoms with Gasteiger partial charge in [-0.1, -0.05) is 19.9 Å². The Hall–Kier alpha value is -1.84. The van der Waals surface area contributed by atoms with E-state index in [0.717, 1.165) is 5.56 Å². The molecular formula is C13H16O4. The lowest BCUT2D eigenvalue weighted by molar-refractivity contribution is -0.135. The average Bonchev–Trinajstić information content (AvgIpc) is 2.27. The van der Waals surface area contributed by atoms with Gasteiger partial charge >= 0.3 is 5.97 Å². The maximum Gasteiger partial charge on any atom is 0.311 e. The third-order valence-corrected chi connectivity index (χ3v) is 2.50. The van der Waals surface area contributed by atoms with E-state index in [0.29, 0.717) is 11.3 Å². The lowest BCUT2D eigenvalue weighted by Gasteiger charge is -2.11. The molecule has 1 aromatic rings. The first-order valence-electron chi connectivity index (χ1n) is 5.38. The quantitative estimate of drug-likeness (QED) is 0.630. The minimum absolute atomic E-state index is 0.275. The van der Waals surface area contributed by atoms with Gasteiger partial charge < -0.3 is 9.84 Å². The Morgan fingerprint density at radius 2 is 2.00 bits per heavy atom. The van der Waals surface area contributed by atoms with Crippen molar-refractivity contribution in [3.63, 3.8) is 0 Å². The van der Waals surface area contributed by atoms with Crippen LogP contribution in [-0.2, 0) is 4.79 Å². The monoisotopic (exact) mass is 236 g/mol. The summed E-state index contributed by atoms with van der Waals surface area (Å²) in [4.78, 5) is 22.3. The van der Waals surface area contributed by atoms with E-state index in [1.165, 1.54) is 7.11 Å². The third kappa shape index (κ3) is 3.31. The molecule has 0 aliphatic rings. The number of hydrogen-bond donors (Lipinski definition) is 1. The summed E-state index contributed by atoms with van der Waals surface area (Å²) in [5, 5.41) is 8.63. The smallest absolute Gasteiger partial charge is 0.311 e. The molecule has 0 amide bonds. The van der Waals surface area contributed by atoms with Crippen LogP contribution in [0.5, 0.6) is 5.75 Å². The number of ether oxygens (including phenoxy) is 1. The molecule has 0 spiro atoms. The summed E-state index contributed by atoms with van der Waals surface area (Å²) in [6.07, 6.45) is -0.516. The first-order chi connectivity index (χ1) is 7.95. The van der Waals surface area contributed by atoms with Gasteiger partial charge in [0.05, 0.1) is 12.7 Å². The van der Waals surface area contributed by atoms with E-state index in [9.17, 15) is 9.59 Å². The molecule has 0 atom stereocenters. The van der Waals surface area contributed by atoms with Gasteiger partial charge in [-0.15, -0.1) is 0 Å². The van der Waals surface area contributed by atoms with Crippen molar-refractivity contribution in [2.24, 2.45) is 0 Å². The summed E-state index contributed by atoms with van der Waals surface area (Å²) in [7, 11) is 1.46. The molecule has 1 aromatic carbocycles. The number of benzene rings is 1. The zero-order valence-electron chi connectivity index (χ0n) is 10.2. The van der Waals surface area contributed by atoms with Crippen LogP contribution >= 0.6 is 0 Å². The molecule has 1 rings (SSSR count). The number of methoxy groups -OCH3 is 1. The van der Waals surface area contributed by atoms with Crippen molar-refractivity contribution in [1.82, 2.24) is 0 Å². The number of carboxylic acids is 1. The van der Waals surface area contributed by atoms with E-state index in [2.05, 4.69) is 0 Å². The fraction of sp³-hybridized carbons (Fsp3) is 0.385. The lowest BCUT2D eigenvalue weighted by Crippen LogP contribution is -2.09. The van der Waals surface area contributed by atoms with Crippen LogP contribution in [0.1, 0.15) is 42.1 Å². The van der Waals surface area contributed by atoms with Crippen LogP contribution in [0, 0.1) is 0 Å². The van der Waals surface area contributed by atoms with Crippen molar-refractivity contribution in [2.45, 2.75) is 26.2 Å². The first kappa shape index (κ1) is 13.2. The van der Waals surface area contributed by atoms with Crippen molar-refractivity contribution in [1.29, 1.82) is 0 Å². The SMILES string of the molecule is COc1ccc(C(C)C)cc1C(=O)CC(=O)O. The molecule has 0 aliphatic carbocycles. The van der Waals surface area contributed by atoms with Crippen LogP contribution in [0.25, 0.3) is 0 Å². The largest absolute Gasteiger partial charge is 0.496 e. The number of aliphatic carboxylic acids is 1. The second-order valence-corrected chi connectivity index (χ2v) is 4.11. The standard InChI is InChI=1S/C13H16O4/c1-8(2)9-4-5-12(17-3)10(6-9)11(14)7-13(15)16/h4-6,8H,7H2,1-3H3,(H,15,16). The minimum Gasteiger partial charge on any atom is -0.496 e. The number of Topliss-reactive ketones (excluding diaryl/α,β-unsaturated/α-hetero) is 1. The summed E-state index contributed by atoms with van der Waals surface area (Å²) in [5.74, 6) is -0.873. The summed E-state index contributed by atoms with van der Waals surface area (Å²) in [6, 6.07) is 5.28. The molecule has 4 heteroatoms. The summed E-state index contributed by atoms with van der Waals surface area (Å²) in [5.41, 5.74) is 1.32. The molecule has 17 heavy (non-hydrogen) atoms. The Kier molecular flexibility index (Phi) is 4.26. The number of carbonyl (C=O) groups excluding carboxylic acids is 1. The fourth-order valence-electron chi connectivity index (χ4n) is 1.54. The number of hydrogen-bond acceptors (Lipinski definition) is 3. The zero-order chi connectivity index (χ0) is 13.0. The van der Waals surface area contributed by atoms with Crippen LogP contribution < -0.4 is 4.74 Å². The van der Waals surface area contributed by atoms with E-state index >= 15 is 0 Å². The predicted octanol–water partition coefficient (Wildman–Crippen LogP) is 2.48. The molecule has 0 saturated carbocycles. The van der Waals surface area contributed by atoms with Crippen molar-refractivity contribution in [2.75, 3.05) is 7.11 Å². The topological polar surface area (TPSA) is 63.6 Å². The highest BCUT2D eigenvalue weighted by Gasteiger charge is 2.16. The second kappa shape index (κ2) is 5.48. The van der Waals surface area contributed by atoms with E-state index in [1.807, 2.05) is 19.9 Å². The Labute approximate surface area is 100 Å². The third-order valence-electron chi connectivity index (χ3n) is 2.50. The van der Waals surface area contributed by atoms with Crippen LogP contribution in [0.4, 0.5) is 0 Å². The molecule has 0 saturated heterocycles. The lowest BCUT2D eigenvalue weighted by atomic mass is 9.97.